The second-order valence-corrected chi connectivity index (χ2v) is 4.90. The normalized spacial score (nSPS) is 16.9. The molecule has 1 aromatic carbocycles. The Kier molecular flexibility index (Phi) is 2.99. The fraction of sp³-hybridized carbons (Fsp3) is 0.500. The first kappa shape index (κ1) is 11.2. The highest BCUT2D eigenvalue weighted by Crippen LogP contribution is 2.50. The molecule has 1 N–H and O–H groups in total. The zero-order valence-corrected chi connectivity index (χ0v) is 10.0. The topological polar surface area (TPSA) is 29.1 Å². The van der Waals surface area contributed by atoms with E-state index >= 15 is 0 Å². The molecule has 1 fully saturated rings. The fourth-order valence-corrected chi connectivity index (χ4v) is 2.02. The molecule has 0 spiro atoms. The third-order valence-electron chi connectivity index (χ3n) is 3.33. The molecule has 0 saturated heterocycles. The van der Waals surface area contributed by atoms with Crippen LogP contribution in [0.5, 0.6) is 0 Å². The third kappa shape index (κ3) is 2.26. The van der Waals surface area contributed by atoms with Crippen molar-refractivity contribution in [2.75, 3.05) is 5.32 Å². The van der Waals surface area contributed by atoms with Crippen LogP contribution in [0.25, 0.3) is 0 Å². The number of hydrogen-bond donors (Lipinski definition) is 1. The fourth-order valence-electron chi connectivity index (χ4n) is 2.02. The van der Waals surface area contributed by atoms with E-state index in [1.54, 1.807) is 0 Å². The average Bonchev–Trinajstić information content (AvgIpc) is 2.99. The summed E-state index contributed by atoms with van der Waals surface area (Å²) < 4.78 is 0. The number of nitrogens with one attached hydrogen (secondary N) is 1. The van der Waals surface area contributed by atoms with Crippen LogP contribution >= 0.6 is 0 Å². The molecule has 1 aliphatic rings. The first-order valence-corrected chi connectivity index (χ1v) is 6.05. The van der Waals surface area contributed by atoms with E-state index in [4.69, 9.17) is 0 Å². The minimum atomic E-state index is 0.124. The molecule has 0 atom stereocenters. The average molecular weight is 217 g/mol. The standard InChI is InChI=1S/C14H19NO/c1-3-6-13(16)15-12-8-5-4-7-11(12)14(2)9-10-14/h4-5,7-8H,3,6,9-10H2,1-2H3,(H,15,16). The van der Waals surface area contributed by atoms with Crippen LogP contribution in [0.4, 0.5) is 5.69 Å². The lowest BCUT2D eigenvalue weighted by Crippen LogP contribution is -2.14. The van der Waals surface area contributed by atoms with Crippen molar-refractivity contribution in [2.24, 2.45) is 0 Å². The second-order valence-electron chi connectivity index (χ2n) is 4.90. The third-order valence-corrected chi connectivity index (χ3v) is 3.33. The lowest BCUT2D eigenvalue weighted by molar-refractivity contribution is -0.116. The van der Waals surface area contributed by atoms with Gasteiger partial charge in [-0.15, -0.1) is 0 Å². The molecule has 1 aromatic rings. The number of carbonyl (C=O) groups excluding carboxylic acids is 1. The van der Waals surface area contributed by atoms with Crippen LogP contribution in [-0.4, -0.2) is 5.91 Å². The highest BCUT2D eigenvalue weighted by molar-refractivity contribution is 5.91. The zero-order chi connectivity index (χ0) is 11.6. The molecule has 1 aliphatic carbocycles. The van der Waals surface area contributed by atoms with Crippen molar-refractivity contribution in [1.29, 1.82) is 0 Å². The predicted octanol–water partition coefficient (Wildman–Crippen LogP) is 3.48. The molecule has 0 aromatic heterocycles. The summed E-state index contributed by atoms with van der Waals surface area (Å²) in [5, 5.41) is 3.02. The van der Waals surface area contributed by atoms with E-state index in [-0.39, 0.29) is 5.91 Å². The lowest BCUT2D eigenvalue weighted by atomic mass is 9.96. The number of amides is 1. The number of rotatable bonds is 4. The van der Waals surface area contributed by atoms with E-state index in [1.165, 1.54) is 18.4 Å². The van der Waals surface area contributed by atoms with Gasteiger partial charge in [-0.05, 0) is 36.3 Å². The maximum Gasteiger partial charge on any atom is 0.224 e. The molecule has 1 amide bonds. The summed E-state index contributed by atoms with van der Waals surface area (Å²) in [6.07, 6.45) is 3.96. The molecule has 2 nitrogen and oxygen atoms in total. The molecule has 0 bridgehead atoms. The number of para-hydroxylation sites is 1. The molecule has 86 valence electrons. The highest BCUT2D eigenvalue weighted by atomic mass is 16.1. The van der Waals surface area contributed by atoms with Crippen LogP contribution < -0.4 is 5.32 Å². The van der Waals surface area contributed by atoms with Crippen LogP contribution in [-0.2, 0) is 10.2 Å². The van der Waals surface area contributed by atoms with Gasteiger partial charge in [0.2, 0.25) is 5.91 Å². The Bertz CT molecular complexity index is 393. The summed E-state index contributed by atoms with van der Waals surface area (Å²) in [4.78, 5) is 11.6. The van der Waals surface area contributed by atoms with Crippen molar-refractivity contribution in [3.63, 3.8) is 0 Å². The van der Waals surface area contributed by atoms with E-state index in [9.17, 15) is 4.79 Å². The van der Waals surface area contributed by atoms with Gasteiger partial charge in [-0.25, -0.2) is 0 Å². The van der Waals surface area contributed by atoms with Gasteiger partial charge in [0.05, 0.1) is 0 Å². The summed E-state index contributed by atoms with van der Waals surface area (Å²) in [6, 6.07) is 8.17. The molecule has 0 radical (unpaired) electrons. The van der Waals surface area contributed by atoms with Gasteiger partial charge in [0.1, 0.15) is 0 Å². The Labute approximate surface area is 97.1 Å². The number of benzene rings is 1. The molecule has 1 saturated carbocycles. The van der Waals surface area contributed by atoms with Crippen molar-refractivity contribution in [2.45, 2.75) is 44.9 Å². The van der Waals surface area contributed by atoms with E-state index in [0.29, 0.717) is 11.8 Å². The maximum absolute atomic E-state index is 11.6. The van der Waals surface area contributed by atoms with Gasteiger partial charge < -0.3 is 5.32 Å². The van der Waals surface area contributed by atoms with E-state index < -0.39 is 0 Å². The van der Waals surface area contributed by atoms with E-state index in [0.717, 1.165) is 12.1 Å². The van der Waals surface area contributed by atoms with Gasteiger partial charge in [0.25, 0.3) is 0 Å². The first-order valence-electron chi connectivity index (χ1n) is 6.05. The Morgan fingerprint density at radius 2 is 2.06 bits per heavy atom. The molecule has 0 unspecified atom stereocenters. The minimum absolute atomic E-state index is 0.124. The van der Waals surface area contributed by atoms with Crippen molar-refractivity contribution in [1.82, 2.24) is 0 Å². The summed E-state index contributed by atoms with van der Waals surface area (Å²) in [5.41, 5.74) is 2.59. The monoisotopic (exact) mass is 217 g/mol. The molecule has 2 rings (SSSR count). The van der Waals surface area contributed by atoms with E-state index in [1.807, 2.05) is 25.1 Å². The molecule has 0 aliphatic heterocycles. The van der Waals surface area contributed by atoms with Crippen molar-refractivity contribution < 1.29 is 4.79 Å². The second kappa shape index (κ2) is 4.28. The zero-order valence-electron chi connectivity index (χ0n) is 10.0. The highest BCUT2D eigenvalue weighted by Gasteiger charge is 2.40. The number of carbonyl (C=O) groups is 1. The van der Waals surface area contributed by atoms with Gasteiger partial charge in [-0.2, -0.15) is 0 Å². The van der Waals surface area contributed by atoms with Gasteiger partial charge >= 0.3 is 0 Å². The maximum atomic E-state index is 11.6. The van der Waals surface area contributed by atoms with E-state index in [2.05, 4.69) is 18.3 Å². The van der Waals surface area contributed by atoms with Crippen molar-refractivity contribution in [3.8, 4) is 0 Å². The predicted molar refractivity (Wildman–Crippen MR) is 66.6 cm³/mol. The minimum Gasteiger partial charge on any atom is -0.326 e. The lowest BCUT2D eigenvalue weighted by Gasteiger charge is -2.15. The first-order chi connectivity index (χ1) is 7.65. The van der Waals surface area contributed by atoms with Gasteiger partial charge in [-0.1, -0.05) is 32.0 Å². The van der Waals surface area contributed by atoms with Crippen molar-refractivity contribution >= 4 is 11.6 Å². The Balaban J connectivity index is 2.17. The van der Waals surface area contributed by atoms with Gasteiger partial charge in [0, 0.05) is 12.1 Å². The molecule has 16 heavy (non-hydrogen) atoms. The van der Waals surface area contributed by atoms with Crippen LogP contribution in [0.3, 0.4) is 0 Å². The molecule has 2 heteroatoms. The Morgan fingerprint density at radius 3 is 2.69 bits per heavy atom. The summed E-state index contributed by atoms with van der Waals surface area (Å²) in [7, 11) is 0. The van der Waals surface area contributed by atoms with Gasteiger partial charge in [0.15, 0.2) is 0 Å². The largest absolute Gasteiger partial charge is 0.326 e. The molecular formula is C14H19NO. The van der Waals surface area contributed by atoms with Crippen LogP contribution in [0, 0.1) is 0 Å². The quantitative estimate of drug-likeness (QED) is 0.822. The van der Waals surface area contributed by atoms with Crippen LogP contribution in [0.2, 0.25) is 0 Å². The Hall–Kier alpha value is -1.31. The Morgan fingerprint density at radius 1 is 1.38 bits per heavy atom. The van der Waals surface area contributed by atoms with Gasteiger partial charge in [-0.3, -0.25) is 4.79 Å². The summed E-state index contributed by atoms with van der Waals surface area (Å²) in [5.74, 6) is 0.124. The van der Waals surface area contributed by atoms with Crippen LogP contribution in [0.1, 0.15) is 45.1 Å². The van der Waals surface area contributed by atoms with Crippen molar-refractivity contribution in [3.05, 3.63) is 29.8 Å². The smallest absolute Gasteiger partial charge is 0.224 e. The summed E-state index contributed by atoms with van der Waals surface area (Å²) >= 11 is 0. The van der Waals surface area contributed by atoms with Crippen LogP contribution in [0.15, 0.2) is 24.3 Å². The molecule has 0 heterocycles. The SMILES string of the molecule is CCCC(=O)Nc1ccccc1C1(C)CC1. The molecular weight excluding hydrogens is 198 g/mol. The number of hydrogen-bond acceptors (Lipinski definition) is 1. The summed E-state index contributed by atoms with van der Waals surface area (Å²) in [6.45, 7) is 4.28. The number of anilines is 1.